The molecule has 2 aromatic rings. The smallest absolute Gasteiger partial charge is 0.339 e. The lowest BCUT2D eigenvalue weighted by Gasteiger charge is -2.49. The lowest BCUT2D eigenvalue weighted by atomic mass is 9.63. The molecule has 9 nitrogen and oxygen atoms in total. The van der Waals surface area contributed by atoms with E-state index in [0.29, 0.717) is 29.6 Å². The molecule has 0 fully saturated rings. The average molecular weight is 715 g/mol. The number of allylic oxidation sites excluding steroid dienone is 4. The van der Waals surface area contributed by atoms with Gasteiger partial charge in [-0.1, -0.05) is 45.4 Å². The van der Waals surface area contributed by atoms with Gasteiger partial charge in [-0.3, -0.25) is 14.4 Å². The van der Waals surface area contributed by atoms with E-state index in [4.69, 9.17) is 8.92 Å². The number of ketones is 2. The number of carbonyl (C=O) groups is 3. The third-order valence-electron chi connectivity index (χ3n) is 8.74. The third kappa shape index (κ3) is 6.67. The van der Waals surface area contributed by atoms with Gasteiger partial charge in [0, 0.05) is 47.8 Å². The highest BCUT2D eigenvalue weighted by Gasteiger charge is 2.49. The summed E-state index contributed by atoms with van der Waals surface area (Å²) in [6.45, 7) is 12.0. The second-order valence-corrected chi connectivity index (χ2v) is 16.3. The number of benzene rings is 2. The molecule has 2 aliphatic carbocycles. The van der Waals surface area contributed by atoms with Crippen molar-refractivity contribution >= 4 is 43.6 Å². The molecule has 0 spiro atoms. The van der Waals surface area contributed by atoms with Crippen LogP contribution in [0.5, 0.6) is 11.5 Å². The Morgan fingerprint density at radius 3 is 2.00 bits per heavy atom. The standard InChI is InChI=1S/C35H40BrNO8S/c1-7-44-28-15-21(14-23(36)33(28)45-46(42,43)22-10-8-20(2)9-11-22)30-31-24(16-34(3,4)18-26(31)38)37(13-12-29(40)41)25-17-35(5,6)19-27(39)32(25)30/h8-11,14-15,30H,7,12-13,16-19H2,1-6H3,(H,40,41). The van der Waals surface area contributed by atoms with Crippen LogP contribution in [0.15, 0.2) is 68.3 Å². The van der Waals surface area contributed by atoms with Gasteiger partial charge in [-0.15, -0.1) is 0 Å². The van der Waals surface area contributed by atoms with Gasteiger partial charge in [0.2, 0.25) is 0 Å². The topological polar surface area (TPSA) is 127 Å². The number of carbonyl (C=O) groups excluding carboxylic acids is 2. The number of aliphatic carboxylic acids is 1. The first-order valence-electron chi connectivity index (χ1n) is 15.4. The minimum atomic E-state index is -4.22. The second-order valence-electron chi connectivity index (χ2n) is 13.9. The Balaban J connectivity index is 1.71. The summed E-state index contributed by atoms with van der Waals surface area (Å²) >= 11 is 3.52. The summed E-state index contributed by atoms with van der Waals surface area (Å²) in [4.78, 5) is 41.8. The number of hydrogen-bond donors (Lipinski definition) is 1. The van der Waals surface area contributed by atoms with Crippen molar-refractivity contribution in [2.75, 3.05) is 13.2 Å². The Hall–Kier alpha value is -3.44. The molecule has 0 bridgehead atoms. The summed E-state index contributed by atoms with van der Waals surface area (Å²) in [6.07, 6.45) is 1.46. The van der Waals surface area contributed by atoms with E-state index in [9.17, 15) is 27.9 Å². The van der Waals surface area contributed by atoms with Crippen LogP contribution < -0.4 is 8.92 Å². The molecule has 0 radical (unpaired) electrons. The summed E-state index contributed by atoms with van der Waals surface area (Å²) in [5, 5.41) is 9.61. The van der Waals surface area contributed by atoms with Gasteiger partial charge in [0.1, 0.15) is 4.90 Å². The maximum absolute atomic E-state index is 14.1. The van der Waals surface area contributed by atoms with Crippen LogP contribution in [0.3, 0.4) is 0 Å². The molecule has 0 unspecified atom stereocenters. The summed E-state index contributed by atoms with van der Waals surface area (Å²) in [5.74, 6) is -1.80. The van der Waals surface area contributed by atoms with Gasteiger partial charge in [-0.25, -0.2) is 0 Å². The first-order valence-corrected chi connectivity index (χ1v) is 17.6. The number of halogens is 1. The number of carboxylic acid groups (broad SMARTS) is 1. The monoisotopic (exact) mass is 713 g/mol. The average Bonchev–Trinajstić information content (AvgIpc) is 2.92. The van der Waals surface area contributed by atoms with Crippen LogP contribution in [0.2, 0.25) is 0 Å². The van der Waals surface area contributed by atoms with E-state index in [2.05, 4.69) is 15.9 Å². The fourth-order valence-electron chi connectivity index (χ4n) is 6.82. The van der Waals surface area contributed by atoms with Crippen molar-refractivity contribution in [2.24, 2.45) is 10.8 Å². The van der Waals surface area contributed by atoms with E-state index < -0.39 is 22.0 Å². The molecule has 5 rings (SSSR count). The summed E-state index contributed by atoms with van der Waals surface area (Å²) < 4.78 is 38.4. The number of ether oxygens (including phenoxy) is 1. The molecule has 0 saturated carbocycles. The molecule has 1 aliphatic heterocycles. The Labute approximate surface area is 278 Å². The maximum atomic E-state index is 14.1. The Morgan fingerprint density at radius 1 is 0.957 bits per heavy atom. The van der Waals surface area contributed by atoms with Gasteiger partial charge in [0.15, 0.2) is 23.1 Å². The predicted octanol–water partition coefficient (Wildman–Crippen LogP) is 7.08. The molecule has 1 N–H and O–H groups in total. The number of nitrogens with zero attached hydrogens (tertiary/aromatic N) is 1. The van der Waals surface area contributed by atoms with Gasteiger partial charge >= 0.3 is 16.1 Å². The van der Waals surface area contributed by atoms with Crippen molar-refractivity contribution < 1.29 is 36.8 Å². The van der Waals surface area contributed by atoms with E-state index in [1.54, 1.807) is 31.2 Å². The zero-order valence-corrected chi connectivity index (χ0v) is 29.4. The normalized spacial score (nSPS) is 19.6. The second kappa shape index (κ2) is 12.3. The van der Waals surface area contributed by atoms with E-state index >= 15 is 0 Å². The molecule has 3 aliphatic rings. The highest BCUT2D eigenvalue weighted by molar-refractivity contribution is 9.10. The van der Waals surface area contributed by atoms with Crippen molar-refractivity contribution in [3.63, 3.8) is 0 Å². The van der Waals surface area contributed by atoms with Crippen molar-refractivity contribution in [1.82, 2.24) is 4.90 Å². The fourth-order valence-corrected chi connectivity index (χ4v) is 8.42. The molecule has 0 amide bonds. The summed E-state index contributed by atoms with van der Waals surface area (Å²) in [5.41, 5.74) is 3.19. The van der Waals surface area contributed by atoms with Crippen LogP contribution >= 0.6 is 15.9 Å². The first kappa shape index (κ1) is 33.9. The number of carboxylic acids is 1. The van der Waals surface area contributed by atoms with E-state index in [1.165, 1.54) is 12.1 Å². The van der Waals surface area contributed by atoms with Crippen molar-refractivity contribution in [2.45, 2.75) is 84.5 Å². The fraction of sp³-hybridized carbons (Fsp3) is 0.457. The minimum absolute atomic E-state index is 0.0133. The number of Topliss-reactive ketones (excluding diaryl/α,β-unsaturated/α-hetero) is 2. The molecular weight excluding hydrogens is 674 g/mol. The van der Waals surface area contributed by atoms with E-state index in [-0.39, 0.29) is 75.7 Å². The van der Waals surface area contributed by atoms with Crippen molar-refractivity contribution in [1.29, 1.82) is 0 Å². The Bertz CT molecular complexity index is 1730. The van der Waals surface area contributed by atoms with Gasteiger partial charge in [0.25, 0.3) is 0 Å². The molecule has 1 heterocycles. The highest BCUT2D eigenvalue weighted by Crippen LogP contribution is 2.55. The lowest BCUT2D eigenvalue weighted by Crippen LogP contribution is -2.45. The minimum Gasteiger partial charge on any atom is -0.490 e. The highest BCUT2D eigenvalue weighted by atomic mass is 79.9. The van der Waals surface area contributed by atoms with Gasteiger partial charge in [-0.05, 0) is 83.3 Å². The molecule has 0 aromatic heterocycles. The van der Waals surface area contributed by atoms with E-state index in [0.717, 1.165) is 17.0 Å². The van der Waals surface area contributed by atoms with Crippen LogP contribution in [0.4, 0.5) is 0 Å². The molecule has 0 saturated heterocycles. The largest absolute Gasteiger partial charge is 0.490 e. The van der Waals surface area contributed by atoms with Crippen LogP contribution in [0.25, 0.3) is 0 Å². The lowest BCUT2D eigenvalue weighted by molar-refractivity contribution is -0.137. The first-order chi connectivity index (χ1) is 21.4. The van der Waals surface area contributed by atoms with Crippen LogP contribution in [-0.4, -0.2) is 49.1 Å². The summed E-state index contributed by atoms with van der Waals surface area (Å²) in [7, 11) is -4.22. The summed E-state index contributed by atoms with van der Waals surface area (Å²) in [6, 6.07) is 9.65. The molecule has 0 atom stereocenters. The molecule has 46 heavy (non-hydrogen) atoms. The third-order valence-corrected chi connectivity index (χ3v) is 10.6. The van der Waals surface area contributed by atoms with Gasteiger partial charge in [-0.2, -0.15) is 8.42 Å². The maximum Gasteiger partial charge on any atom is 0.339 e. The SMILES string of the molecule is CCOc1cc(C2C3=C(CC(C)(C)CC3=O)N(CCC(=O)O)C3=C2C(=O)CC(C)(C)C3)cc(Br)c1OS(=O)(=O)c1ccc(C)cc1. The Morgan fingerprint density at radius 2 is 1.50 bits per heavy atom. The number of rotatable bonds is 9. The molecular formula is C35H40BrNO8S. The predicted molar refractivity (Wildman–Crippen MR) is 176 cm³/mol. The molecule has 2 aromatic carbocycles. The van der Waals surface area contributed by atoms with E-state index in [1.807, 2.05) is 39.5 Å². The molecule has 246 valence electrons. The number of aryl methyl sites for hydroxylation is 1. The van der Waals surface area contributed by atoms with Gasteiger partial charge in [0.05, 0.1) is 17.5 Å². The van der Waals surface area contributed by atoms with Crippen LogP contribution in [-0.2, 0) is 24.5 Å². The van der Waals surface area contributed by atoms with Crippen molar-refractivity contribution in [3.8, 4) is 11.5 Å². The number of hydrogen-bond acceptors (Lipinski definition) is 8. The zero-order chi connectivity index (χ0) is 33.8. The zero-order valence-electron chi connectivity index (χ0n) is 27.0. The van der Waals surface area contributed by atoms with Gasteiger partial charge < -0.3 is 18.9 Å². The van der Waals surface area contributed by atoms with Crippen LogP contribution in [0.1, 0.15) is 83.8 Å². The quantitative estimate of drug-likeness (QED) is 0.271. The van der Waals surface area contributed by atoms with Crippen LogP contribution in [0, 0.1) is 17.8 Å². The van der Waals surface area contributed by atoms with Crippen molar-refractivity contribution in [3.05, 3.63) is 74.5 Å². The molecule has 11 heteroatoms. The Kier molecular flexibility index (Phi) is 9.07.